The fourth-order valence-electron chi connectivity index (χ4n) is 1.22. The number of hydrogen-bond donors (Lipinski definition) is 1. The number of nitrogens with zero attached hydrogens (tertiary/aromatic N) is 3. The molecule has 0 aliphatic heterocycles. The minimum absolute atomic E-state index is 0.531. The average Bonchev–Trinajstić information content (AvgIpc) is 2.65. The van der Waals surface area contributed by atoms with Crippen molar-refractivity contribution in [3.05, 3.63) is 40.0 Å². The van der Waals surface area contributed by atoms with Crippen LogP contribution in [0.15, 0.2) is 30.7 Å². The Morgan fingerprint density at radius 3 is 2.67 bits per heavy atom. The number of aromatic nitrogens is 3. The van der Waals surface area contributed by atoms with Gasteiger partial charge in [0.05, 0.1) is 33.4 Å². The molecule has 2 aromatic rings. The van der Waals surface area contributed by atoms with Gasteiger partial charge in [-0.25, -0.2) is 4.68 Å². The third-order valence-electron chi connectivity index (χ3n) is 2.01. The van der Waals surface area contributed by atoms with Crippen molar-refractivity contribution in [3.8, 4) is 5.69 Å². The maximum absolute atomic E-state index is 9.30. The van der Waals surface area contributed by atoms with Crippen LogP contribution < -0.4 is 0 Å². The first-order valence-corrected chi connectivity index (χ1v) is 5.59. The van der Waals surface area contributed by atoms with Crippen molar-refractivity contribution in [3.63, 3.8) is 0 Å². The minimum Gasteiger partial charge on any atom is -0.387 e. The highest BCUT2D eigenvalue weighted by Gasteiger charge is 2.03. The molecule has 0 radical (unpaired) electrons. The molecule has 0 amide bonds. The van der Waals surface area contributed by atoms with Gasteiger partial charge < -0.3 is 5.11 Å². The van der Waals surface area contributed by atoms with Gasteiger partial charge in [-0.15, -0.1) is 0 Å². The van der Waals surface area contributed by atoms with E-state index in [0.717, 1.165) is 9.26 Å². The van der Waals surface area contributed by atoms with E-state index in [9.17, 15) is 5.11 Å². The Morgan fingerprint density at radius 2 is 2.20 bits per heavy atom. The van der Waals surface area contributed by atoms with Crippen LogP contribution in [0.25, 0.3) is 5.69 Å². The van der Waals surface area contributed by atoms with Crippen LogP contribution in [0.5, 0.6) is 0 Å². The number of aliphatic hydroxyl groups excluding tert-OH is 1. The summed E-state index contributed by atoms with van der Waals surface area (Å²) < 4.78 is 2.83. The molecule has 5 heteroatoms. The molecule has 1 atom stereocenters. The van der Waals surface area contributed by atoms with Gasteiger partial charge >= 0.3 is 0 Å². The van der Waals surface area contributed by atoms with Crippen LogP contribution in [-0.2, 0) is 0 Å². The summed E-state index contributed by atoms with van der Waals surface area (Å²) in [5.41, 5.74) is 1.56. The molecule has 2 aromatic heterocycles. The van der Waals surface area contributed by atoms with Crippen LogP contribution in [0.3, 0.4) is 0 Å². The van der Waals surface area contributed by atoms with E-state index >= 15 is 0 Å². The van der Waals surface area contributed by atoms with Crippen LogP contribution in [0, 0.1) is 3.57 Å². The molecule has 4 nitrogen and oxygen atoms in total. The average molecular weight is 315 g/mol. The molecule has 2 rings (SSSR count). The Bertz CT molecular complexity index is 450. The molecule has 0 fully saturated rings. The lowest BCUT2D eigenvalue weighted by molar-refractivity contribution is 0.194. The van der Waals surface area contributed by atoms with Crippen LogP contribution in [0.1, 0.15) is 18.7 Å². The number of hydrogen-bond acceptors (Lipinski definition) is 3. The second-order valence-electron chi connectivity index (χ2n) is 3.22. The third-order valence-corrected chi connectivity index (χ3v) is 2.57. The lowest BCUT2D eigenvalue weighted by atomic mass is 10.2. The number of rotatable bonds is 2. The molecule has 2 heterocycles. The van der Waals surface area contributed by atoms with Gasteiger partial charge in [-0.2, -0.15) is 5.10 Å². The second-order valence-corrected chi connectivity index (χ2v) is 4.47. The van der Waals surface area contributed by atoms with E-state index in [0.29, 0.717) is 5.69 Å². The normalized spacial score (nSPS) is 12.7. The van der Waals surface area contributed by atoms with Gasteiger partial charge in [0.1, 0.15) is 0 Å². The lowest BCUT2D eigenvalue weighted by Crippen LogP contribution is -1.99. The number of pyridine rings is 1. The van der Waals surface area contributed by atoms with Crippen molar-refractivity contribution in [1.82, 2.24) is 14.8 Å². The van der Waals surface area contributed by atoms with Gasteiger partial charge in [-0.3, -0.25) is 4.98 Å². The SMILES string of the molecule is C[C@H](O)c1ccc(-n2cc(I)cn2)cn1. The molecule has 0 saturated carbocycles. The van der Waals surface area contributed by atoms with E-state index in [1.54, 1.807) is 30.1 Å². The fourth-order valence-corrected chi connectivity index (χ4v) is 1.61. The molecule has 0 aliphatic carbocycles. The van der Waals surface area contributed by atoms with Gasteiger partial charge in [-0.05, 0) is 41.6 Å². The Morgan fingerprint density at radius 1 is 1.40 bits per heavy atom. The highest BCUT2D eigenvalue weighted by Crippen LogP contribution is 2.12. The Labute approximate surface area is 101 Å². The van der Waals surface area contributed by atoms with E-state index in [4.69, 9.17) is 0 Å². The molecule has 0 spiro atoms. The van der Waals surface area contributed by atoms with E-state index in [-0.39, 0.29) is 0 Å². The highest BCUT2D eigenvalue weighted by atomic mass is 127. The predicted molar refractivity (Wildman–Crippen MR) is 64.7 cm³/mol. The highest BCUT2D eigenvalue weighted by molar-refractivity contribution is 14.1. The summed E-state index contributed by atoms with van der Waals surface area (Å²) in [5.74, 6) is 0. The smallest absolute Gasteiger partial charge is 0.0931 e. The summed E-state index contributed by atoms with van der Waals surface area (Å²) in [6.45, 7) is 1.69. The van der Waals surface area contributed by atoms with Crippen molar-refractivity contribution >= 4 is 22.6 Å². The predicted octanol–water partition coefficient (Wildman–Crippen LogP) is 1.93. The molecule has 0 bridgehead atoms. The van der Waals surface area contributed by atoms with Gasteiger partial charge in [-0.1, -0.05) is 0 Å². The lowest BCUT2D eigenvalue weighted by Gasteiger charge is -2.04. The second kappa shape index (κ2) is 4.28. The monoisotopic (exact) mass is 315 g/mol. The van der Waals surface area contributed by atoms with E-state index in [1.165, 1.54) is 0 Å². The zero-order valence-corrected chi connectivity index (χ0v) is 10.3. The molecule has 0 aromatic carbocycles. The molecular formula is C10H10IN3O. The Kier molecular flexibility index (Phi) is 3.01. The first-order valence-electron chi connectivity index (χ1n) is 4.51. The molecule has 0 unspecified atom stereocenters. The first kappa shape index (κ1) is 10.6. The molecule has 0 aliphatic rings. The third kappa shape index (κ3) is 2.35. The molecule has 1 N–H and O–H groups in total. The zero-order valence-electron chi connectivity index (χ0n) is 8.13. The summed E-state index contributed by atoms with van der Waals surface area (Å²) in [7, 11) is 0. The summed E-state index contributed by atoms with van der Waals surface area (Å²) in [5, 5.41) is 13.5. The topological polar surface area (TPSA) is 50.9 Å². The fraction of sp³-hybridized carbons (Fsp3) is 0.200. The molecular weight excluding hydrogens is 305 g/mol. The van der Waals surface area contributed by atoms with Crippen LogP contribution in [0.2, 0.25) is 0 Å². The van der Waals surface area contributed by atoms with Crippen molar-refractivity contribution < 1.29 is 5.11 Å². The summed E-state index contributed by atoms with van der Waals surface area (Å²) >= 11 is 2.20. The van der Waals surface area contributed by atoms with E-state index < -0.39 is 6.10 Å². The minimum atomic E-state index is -0.531. The summed E-state index contributed by atoms with van der Waals surface area (Å²) in [4.78, 5) is 4.15. The van der Waals surface area contributed by atoms with Crippen molar-refractivity contribution in [2.24, 2.45) is 0 Å². The molecule has 0 saturated heterocycles. The maximum atomic E-state index is 9.30. The molecule has 78 valence electrons. The van der Waals surface area contributed by atoms with Gasteiger partial charge in [0, 0.05) is 6.20 Å². The molecule has 15 heavy (non-hydrogen) atoms. The van der Waals surface area contributed by atoms with E-state index in [2.05, 4.69) is 32.7 Å². The quantitative estimate of drug-likeness (QED) is 0.862. The van der Waals surface area contributed by atoms with E-state index in [1.807, 2.05) is 12.3 Å². The van der Waals surface area contributed by atoms with Gasteiger partial charge in [0.15, 0.2) is 0 Å². The van der Waals surface area contributed by atoms with Crippen LogP contribution in [-0.4, -0.2) is 19.9 Å². The maximum Gasteiger partial charge on any atom is 0.0931 e. The zero-order chi connectivity index (χ0) is 10.8. The van der Waals surface area contributed by atoms with Crippen molar-refractivity contribution in [2.45, 2.75) is 13.0 Å². The van der Waals surface area contributed by atoms with Crippen molar-refractivity contribution in [2.75, 3.05) is 0 Å². The first-order chi connectivity index (χ1) is 7.16. The van der Waals surface area contributed by atoms with Crippen LogP contribution in [0.4, 0.5) is 0 Å². The number of halogens is 1. The van der Waals surface area contributed by atoms with Crippen molar-refractivity contribution in [1.29, 1.82) is 0 Å². The summed E-state index contributed by atoms with van der Waals surface area (Å²) in [6.07, 6.45) is 4.87. The van der Waals surface area contributed by atoms with Gasteiger partial charge in [0.2, 0.25) is 0 Å². The standard InChI is InChI=1S/C10H10IN3O/c1-7(15)10-3-2-9(5-12-10)14-6-8(11)4-13-14/h2-7,15H,1H3/t7-/m0/s1. The Hall–Kier alpha value is -0.950. The van der Waals surface area contributed by atoms with Gasteiger partial charge in [0.25, 0.3) is 0 Å². The largest absolute Gasteiger partial charge is 0.387 e. The number of aliphatic hydroxyl groups is 1. The van der Waals surface area contributed by atoms with Crippen LogP contribution >= 0.6 is 22.6 Å². The Balaban J connectivity index is 2.31. The summed E-state index contributed by atoms with van der Waals surface area (Å²) in [6, 6.07) is 3.69.